The van der Waals surface area contributed by atoms with E-state index in [9.17, 15) is 8.42 Å². The zero-order valence-corrected chi connectivity index (χ0v) is 9.46. The van der Waals surface area contributed by atoms with E-state index in [1.54, 1.807) is 4.31 Å². The number of rotatable bonds is 2. The van der Waals surface area contributed by atoms with Gasteiger partial charge in [-0.05, 0) is 32.4 Å². The lowest BCUT2D eigenvalue weighted by Crippen LogP contribution is -2.36. The molecule has 0 spiro atoms. The lowest BCUT2D eigenvalue weighted by molar-refractivity contribution is 0.251. The van der Waals surface area contributed by atoms with Gasteiger partial charge in [-0.1, -0.05) is 0 Å². The van der Waals surface area contributed by atoms with E-state index in [1.807, 2.05) is 0 Å². The summed E-state index contributed by atoms with van der Waals surface area (Å²) < 4.78 is 24.2. The summed E-state index contributed by atoms with van der Waals surface area (Å²) in [4.78, 5) is 2.44. The maximum atomic E-state index is 11.3. The highest BCUT2D eigenvalue weighted by Crippen LogP contribution is 2.21. The molecule has 0 aromatic rings. The molecule has 14 heavy (non-hydrogen) atoms. The summed E-state index contributed by atoms with van der Waals surface area (Å²) in [5.74, 6) is 0. The summed E-state index contributed by atoms with van der Waals surface area (Å²) in [6.45, 7) is 3.73. The largest absolute Gasteiger partial charge is 0.299 e. The highest BCUT2D eigenvalue weighted by Gasteiger charge is 2.32. The van der Waals surface area contributed by atoms with Crippen molar-refractivity contribution in [3.63, 3.8) is 0 Å². The van der Waals surface area contributed by atoms with Crippen LogP contribution < -0.4 is 0 Å². The lowest BCUT2D eigenvalue weighted by atomic mass is 10.2. The Kier molecular flexibility index (Phi) is 2.81. The Bertz CT molecular complexity index is 296. The maximum Gasteiger partial charge on any atom is 0.211 e. The van der Waals surface area contributed by atoms with Gasteiger partial charge in [0, 0.05) is 19.1 Å². The van der Waals surface area contributed by atoms with E-state index in [1.165, 1.54) is 19.1 Å². The van der Waals surface area contributed by atoms with E-state index in [2.05, 4.69) is 4.90 Å². The second-order valence-corrected chi connectivity index (χ2v) is 6.29. The summed E-state index contributed by atoms with van der Waals surface area (Å²) in [6.07, 6.45) is 4.86. The van der Waals surface area contributed by atoms with Gasteiger partial charge < -0.3 is 0 Å². The van der Waals surface area contributed by atoms with Crippen molar-refractivity contribution in [2.45, 2.75) is 25.3 Å². The molecule has 4 nitrogen and oxygen atoms in total. The van der Waals surface area contributed by atoms with Crippen molar-refractivity contribution in [2.75, 3.05) is 32.4 Å². The van der Waals surface area contributed by atoms with Crippen molar-refractivity contribution in [3.05, 3.63) is 0 Å². The smallest absolute Gasteiger partial charge is 0.211 e. The molecule has 0 bridgehead atoms. The maximum absolute atomic E-state index is 11.3. The molecule has 2 aliphatic heterocycles. The molecular formula is C9H18N2O2S. The third-order valence-electron chi connectivity index (χ3n) is 3.25. The molecule has 2 heterocycles. The second-order valence-electron chi connectivity index (χ2n) is 4.31. The lowest BCUT2D eigenvalue weighted by Gasteiger charge is -2.22. The van der Waals surface area contributed by atoms with Gasteiger partial charge in [-0.2, -0.15) is 0 Å². The van der Waals surface area contributed by atoms with Gasteiger partial charge in [0.1, 0.15) is 0 Å². The molecule has 2 rings (SSSR count). The Morgan fingerprint density at radius 2 is 1.79 bits per heavy atom. The molecule has 0 saturated carbocycles. The molecule has 0 radical (unpaired) electrons. The Balaban J connectivity index is 1.94. The standard InChI is InChI=1S/C9H18N2O2S/c1-14(12,13)11-7-4-9(8-11)10-5-2-3-6-10/h9H,2-8H2,1H3. The van der Waals surface area contributed by atoms with Crippen molar-refractivity contribution in [1.29, 1.82) is 0 Å². The molecule has 0 aromatic carbocycles. The van der Waals surface area contributed by atoms with Crippen LogP contribution in [-0.2, 0) is 10.0 Å². The fourth-order valence-electron chi connectivity index (χ4n) is 2.42. The van der Waals surface area contributed by atoms with Crippen LogP contribution in [0.15, 0.2) is 0 Å². The summed E-state index contributed by atoms with van der Waals surface area (Å²) in [5.41, 5.74) is 0. The van der Waals surface area contributed by atoms with Gasteiger partial charge in [-0.15, -0.1) is 0 Å². The minimum Gasteiger partial charge on any atom is -0.299 e. The minimum atomic E-state index is -2.96. The second kappa shape index (κ2) is 3.79. The third kappa shape index (κ3) is 2.10. The van der Waals surface area contributed by atoms with Gasteiger partial charge in [0.2, 0.25) is 10.0 Å². The van der Waals surface area contributed by atoms with E-state index in [-0.39, 0.29) is 0 Å². The fraction of sp³-hybridized carbons (Fsp3) is 1.00. The molecule has 0 amide bonds. The predicted molar refractivity (Wildman–Crippen MR) is 55.6 cm³/mol. The average Bonchev–Trinajstić information content (AvgIpc) is 2.73. The molecule has 2 aliphatic rings. The van der Waals surface area contributed by atoms with Gasteiger partial charge in [0.05, 0.1) is 6.26 Å². The quantitative estimate of drug-likeness (QED) is 0.661. The first-order chi connectivity index (χ1) is 6.57. The van der Waals surface area contributed by atoms with Gasteiger partial charge in [-0.3, -0.25) is 4.90 Å². The highest BCUT2D eigenvalue weighted by atomic mass is 32.2. The molecule has 0 N–H and O–H groups in total. The molecule has 5 heteroatoms. The van der Waals surface area contributed by atoms with Crippen LogP contribution in [0, 0.1) is 0 Å². The Morgan fingerprint density at radius 3 is 2.29 bits per heavy atom. The summed E-state index contributed by atoms with van der Waals surface area (Å²) >= 11 is 0. The number of hydrogen-bond acceptors (Lipinski definition) is 3. The number of nitrogens with zero attached hydrogens (tertiary/aromatic N) is 2. The molecule has 2 saturated heterocycles. The third-order valence-corrected chi connectivity index (χ3v) is 4.52. The number of likely N-dealkylation sites (tertiary alicyclic amines) is 1. The van der Waals surface area contributed by atoms with Crippen LogP contribution in [0.2, 0.25) is 0 Å². The van der Waals surface area contributed by atoms with Crippen LogP contribution in [0.5, 0.6) is 0 Å². The van der Waals surface area contributed by atoms with Crippen molar-refractivity contribution in [3.8, 4) is 0 Å². The van der Waals surface area contributed by atoms with Gasteiger partial charge in [0.15, 0.2) is 0 Å². The van der Waals surface area contributed by atoms with E-state index in [0.29, 0.717) is 19.1 Å². The van der Waals surface area contributed by atoms with Crippen LogP contribution in [0.4, 0.5) is 0 Å². The minimum absolute atomic E-state index is 0.479. The van der Waals surface area contributed by atoms with E-state index in [0.717, 1.165) is 19.5 Å². The van der Waals surface area contributed by atoms with E-state index >= 15 is 0 Å². The molecule has 0 aliphatic carbocycles. The van der Waals surface area contributed by atoms with Gasteiger partial charge in [-0.25, -0.2) is 12.7 Å². The first-order valence-corrected chi connectivity index (χ1v) is 7.11. The summed E-state index contributed by atoms with van der Waals surface area (Å²) in [5, 5.41) is 0. The normalized spacial score (nSPS) is 31.4. The molecular weight excluding hydrogens is 200 g/mol. The van der Waals surface area contributed by atoms with E-state index in [4.69, 9.17) is 0 Å². The predicted octanol–water partition coefficient (Wildman–Crippen LogP) is 0.116. The first kappa shape index (κ1) is 10.4. The Labute approximate surface area is 85.9 Å². The van der Waals surface area contributed by atoms with Crippen molar-refractivity contribution in [1.82, 2.24) is 9.21 Å². The highest BCUT2D eigenvalue weighted by molar-refractivity contribution is 7.88. The zero-order valence-electron chi connectivity index (χ0n) is 8.65. The first-order valence-electron chi connectivity index (χ1n) is 5.26. The molecule has 2 fully saturated rings. The zero-order chi connectivity index (χ0) is 10.2. The summed E-state index contributed by atoms with van der Waals surface area (Å²) in [6, 6.07) is 0.479. The molecule has 1 atom stereocenters. The van der Waals surface area contributed by atoms with Crippen molar-refractivity contribution in [2.24, 2.45) is 0 Å². The van der Waals surface area contributed by atoms with Gasteiger partial charge in [0.25, 0.3) is 0 Å². The topological polar surface area (TPSA) is 40.6 Å². The number of sulfonamides is 1. The fourth-order valence-corrected chi connectivity index (χ4v) is 3.30. The van der Waals surface area contributed by atoms with Crippen LogP contribution in [0.25, 0.3) is 0 Å². The monoisotopic (exact) mass is 218 g/mol. The summed E-state index contributed by atoms with van der Waals surface area (Å²) in [7, 11) is -2.96. The van der Waals surface area contributed by atoms with Gasteiger partial charge >= 0.3 is 0 Å². The van der Waals surface area contributed by atoms with Crippen LogP contribution in [-0.4, -0.2) is 56.1 Å². The Morgan fingerprint density at radius 1 is 1.14 bits per heavy atom. The molecule has 82 valence electrons. The Hall–Kier alpha value is -0.130. The SMILES string of the molecule is CS(=O)(=O)N1CCC(N2CCCC2)C1. The van der Waals surface area contributed by atoms with Crippen molar-refractivity contribution >= 4 is 10.0 Å². The van der Waals surface area contributed by atoms with Crippen LogP contribution in [0.3, 0.4) is 0 Å². The number of hydrogen-bond donors (Lipinski definition) is 0. The van der Waals surface area contributed by atoms with E-state index < -0.39 is 10.0 Å². The van der Waals surface area contributed by atoms with Crippen molar-refractivity contribution < 1.29 is 8.42 Å². The van der Waals surface area contributed by atoms with Crippen LogP contribution in [0.1, 0.15) is 19.3 Å². The van der Waals surface area contributed by atoms with Crippen LogP contribution >= 0.6 is 0 Å². The molecule has 0 aromatic heterocycles. The average molecular weight is 218 g/mol. The molecule has 1 unspecified atom stereocenters.